The highest BCUT2D eigenvalue weighted by atomic mass is 32.2. The number of thiophene rings is 1. The Morgan fingerprint density at radius 2 is 1.92 bits per heavy atom. The van der Waals surface area contributed by atoms with Crippen LogP contribution in [0.2, 0.25) is 0 Å². The molecule has 1 aromatic carbocycles. The van der Waals surface area contributed by atoms with Gasteiger partial charge in [-0.05, 0) is 55.5 Å². The Balaban J connectivity index is 1.51. The second kappa shape index (κ2) is 7.22. The SMILES string of the molecule is O=C1CSc2ccc(NC(=O)c3cc4c(s3)CCCCCC4)cc2N1. The van der Waals surface area contributed by atoms with E-state index in [1.165, 1.54) is 47.9 Å². The summed E-state index contributed by atoms with van der Waals surface area (Å²) in [5, 5.41) is 5.83. The monoisotopic (exact) mass is 372 g/mol. The number of aryl methyl sites for hydroxylation is 2. The molecule has 4 rings (SSSR count). The van der Waals surface area contributed by atoms with Gasteiger partial charge >= 0.3 is 0 Å². The van der Waals surface area contributed by atoms with Crippen molar-refractivity contribution in [3.63, 3.8) is 0 Å². The molecule has 0 saturated carbocycles. The molecule has 0 spiro atoms. The van der Waals surface area contributed by atoms with Crippen LogP contribution in [-0.2, 0) is 17.6 Å². The number of nitrogens with one attached hydrogen (secondary N) is 2. The van der Waals surface area contributed by atoms with Gasteiger partial charge in [-0.2, -0.15) is 0 Å². The molecule has 2 N–H and O–H groups in total. The van der Waals surface area contributed by atoms with Crippen molar-refractivity contribution >= 4 is 46.3 Å². The quantitative estimate of drug-likeness (QED) is 0.803. The van der Waals surface area contributed by atoms with E-state index in [-0.39, 0.29) is 11.8 Å². The van der Waals surface area contributed by atoms with Gasteiger partial charge in [-0.3, -0.25) is 9.59 Å². The zero-order chi connectivity index (χ0) is 17.2. The van der Waals surface area contributed by atoms with E-state index < -0.39 is 0 Å². The van der Waals surface area contributed by atoms with Crippen LogP contribution in [0, 0.1) is 0 Å². The first kappa shape index (κ1) is 16.7. The van der Waals surface area contributed by atoms with Crippen LogP contribution in [0.5, 0.6) is 0 Å². The van der Waals surface area contributed by atoms with Gasteiger partial charge < -0.3 is 10.6 Å². The second-order valence-electron chi connectivity index (χ2n) is 6.48. The van der Waals surface area contributed by atoms with Gasteiger partial charge in [0, 0.05) is 15.5 Å². The van der Waals surface area contributed by atoms with Gasteiger partial charge in [-0.1, -0.05) is 12.8 Å². The van der Waals surface area contributed by atoms with Crippen molar-refractivity contribution in [2.45, 2.75) is 43.4 Å². The molecule has 0 unspecified atom stereocenters. The highest BCUT2D eigenvalue weighted by Gasteiger charge is 2.18. The summed E-state index contributed by atoms with van der Waals surface area (Å²) in [7, 11) is 0. The number of hydrogen-bond acceptors (Lipinski definition) is 4. The highest BCUT2D eigenvalue weighted by molar-refractivity contribution is 8.00. The van der Waals surface area contributed by atoms with Gasteiger partial charge in [0.2, 0.25) is 5.91 Å². The molecule has 1 aromatic heterocycles. The molecule has 1 aliphatic carbocycles. The Labute approximate surface area is 155 Å². The average Bonchev–Trinajstić information content (AvgIpc) is 2.97. The molecule has 2 heterocycles. The van der Waals surface area contributed by atoms with E-state index in [1.54, 1.807) is 11.3 Å². The predicted molar refractivity (Wildman–Crippen MR) is 104 cm³/mol. The Kier molecular flexibility index (Phi) is 4.81. The topological polar surface area (TPSA) is 58.2 Å². The summed E-state index contributed by atoms with van der Waals surface area (Å²) in [6.45, 7) is 0. The number of rotatable bonds is 2. The van der Waals surface area contributed by atoms with Crippen LogP contribution < -0.4 is 10.6 Å². The minimum Gasteiger partial charge on any atom is -0.324 e. The molecule has 0 bridgehead atoms. The highest BCUT2D eigenvalue weighted by Crippen LogP contribution is 2.34. The third kappa shape index (κ3) is 3.75. The van der Waals surface area contributed by atoms with Gasteiger partial charge in [-0.15, -0.1) is 23.1 Å². The van der Waals surface area contributed by atoms with Crippen LogP contribution >= 0.6 is 23.1 Å². The molecule has 0 fully saturated rings. The van der Waals surface area contributed by atoms with Crippen LogP contribution in [0.1, 0.15) is 45.8 Å². The first-order chi connectivity index (χ1) is 12.2. The van der Waals surface area contributed by atoms with E-state index in [4.69, 9.17) is 0 Å². The number of thioether (sulfide) groups is 1. The smallest absolute Gasteiger partial charge is 0.265 e. The van der Waals surface area contributed by atoms with Crippen molar-refractivity contribution in [1.82, 2.24) is 0 Å². The summed E-state index contributed by atoms with van der Waals surface area (Å²) in [5.74, 6) is 0.380. The third-order valence-electron chi connectivity index (χ3n) is 4.59. The fourth-order valence-electron chi connectivity index (χ4n) is 3.31. The molecule has 130 valence electrons. The molecule has 0 saturated heterocycles. The summed E-state index contributed by atoms with van der Waals surface area (Å²) in [4.78, 5) is 27.4. The van der Waals surface area contributed by atoms with E-state index >= 15 is 0 Å². The summed E-state index contributed by atoms with van der Waals surface area (Å²) in [6, 6.07) is 7.74. The molecule has 25 heavy (non-hydrogen) atoms. The number of hydrogen-bond donors (Lipinski definition) is 2. The minimum atomic E-state index is -0.0634. The van der Waals surface area contributed by atoms with Crippen molar-refractivity contribution in [3.8, 4) is 0 Å². The van der Waals surface area contributed by atoms with Crippen LogP contribution in [-0.4, -0.2) is 17.6 Å². The van der Waals surface area contributed by atoms with E-state index in [1.807, 2.05) is 18.2 Å². The van der Waals surface area contributed by atoms with Crippen molar-refractivity contribution < 1.29 is 9.59 Å². The molecule has 2 aliphatic rings. The fourth-order valence-corrected chi connectivity index (χ4v) is 5.25. The Morgan fingerprint density at radius 3 is 2.80 bits per heavy atom. The van der Waals surface area contributed by atoms with Crippen LogP contribution in [0.25, 0.3) is 0 Å². The summed E-state index contributed by atoms with van der Waals surface area (Å²) in [6.07, 6.45) is 7.19. The summed E-state index contributed by atoms with van der Waals surface area (Å²) in [5.41, 5.74) is 2.84. The van der Waals surface area contributed by atoms with Gasteiger partial charge in [0.15, 0.2) is 0 Å². The Hall–Kier alpha value is -1.79. The van der Waals surface area contributed by atoms with Crippen LogP contribution in [0.3, 0.4) is 0 Å². The molecule has 0 radical (unpaired) electrons. The first-order valence-corrected chi connectivity index (χ1v) is 10.5. The zero-order valence-corrected chi connectivity index (χ0v) is 15.5. The maximum atomic E-state index is 12.6. The van der Waals surface area contributed by atoms with Gasteiger partial charge in [-0.25, -0.2) is 0 Å². The van der Waals surface area contributed by atoms with E-state index in [2.05, 4.69) is 16.7 Å². The largest absolute Gasteiger partial charge is 0.324 e. The molecular weight excluding hydrogens is 352 g/mol. The zero-order valence-electron chi connectivity index (χ0n) is 13.9. The number of carbonyl (C=O) groups is 2. The average molecular weight is 373 g/mol. The molecule has 6 heteroatoms. The van der Waals surface area contributed by atoms with Crippen molar-refractivity contribution in [2.24, 2.45) is 0 Å². The predicted octanol–water partition coefficient (Wildman–Crippen LogP) is 4.70. The number of carbonyl (C=O) groups excluding carboxylic acids is 2. The van der Waals surface area contributed by atoms with Gasteiger partial charge in [0.25, 0.3) is 5.91 Å². The van der Waals surface area contributed by atoms with Crippen molar-refractivity contribution in [1.29, 1.82) is 0 Å². The van der Waals surface area contributed by atoms with Crippen molar-refractivity contribution in [3.05, 3.63) is 39.6 Å². The number of benzene rings is 1. The fraction of sp³-hybridized carbons (Fsp3) is 0.368. The normalized spacial score (nSPS) is 16.9. The number of anilines is 2. The lowest BCUT2D eigenvalue weighted by Crippen LogP contribution is -2.19. The Morgan fingerprint density at radius 1 is 1.08 bits per heavy atom. The molecule has 0 atom stereocenters. The summed E-state index contributed by atoms with van der Waals surface area (Å²) < 4.78 is 0. The van der Waals surface area contributed by atoms with Crippen LogP contribution in [0.15, 0.2) is 29.2 Å². The molecular formula is C19H20N2O2S2. The van der Waals surface area contributed by atoms with Gasteiger partial charge in [0.1, 0.15) is 0 Å². The lowest BCUT2D eigenvalue weighted by molar-refractivity contribution is -0.113. The first-order valence-electron chi connectivity index (χ1n) is 8.69. The minimum absolute atomic E-state index is 0.000890. The molecule has 2 aromatic rings. The molecule has 1 aliphatic heterocycles. The van der Waals surface area contributed by atoms with Gasteiger partial charge in [0.05, 0.1) is 16.3 Å². The van der Waals surface area contributed by atoms with E-state index in [9.17, 15) is 9.59 Å². The number of fused-ring (bicyclic) bond motifs is 2. The summed E-state index contributed by atoms with van der Waals surface area (Å²) >= 11 is 3.15. The second-order valence-corrected chi connectivity index (χ2v) is 8.63. The maximum Gasteiger partial charge on any atom is 0.265 e. The molecule has 4 nitrogen and oxygen atoms in total. The lowest BCUT2D eigenvalue weighted by atomic mass is 10.00. The van der Waals surface area contributed by atoms with Crippen LogP contribution in [0.4, 0.5) is 11.4 Å². The third-order valence-corrected chi connectivity index (χ3v) is 6.90. The maximum absolute atomic E-state index is 12.6. The van der Waals surface area contributed by atoms with E-state index in [0.29, 0.717) is 11.4 Å². The standard InChI is InChI=1S/C19H20N2O2S2/c22-18-11-24-16-8-7-13(10-14(16)21-18)20-19(23)17-9-12-5-3-1-2-4-6-15(12)25-17/h7-10H,1-6,11H2,(H,20,23)(H,21,22). The van der Waals surface area contributed by atoms with Crippen molar-refractivity contribution in [2.75, 3.05) is 16.4 Å². The number of amides is 2. The Bertz CT molecular complexity index is 803. The molecule has 2 amide bonds. The lowest BCUT2D eigenvalue weighted by Gasteiger charge is -2.17. The van der Waals surface area contributed by atoms with E-state index in [0.717, 1.165) is 28.3 Å².